The number of methoxy groups -OCH3 is 1. The number of rotatable bonds is 5. The number of piperazine rings is 1. The van der Waals surface area contributed by atoms with Gasteiger partial charge < -0.3 is 19.1 Å². The Morgan fingerprint density at radius 1 is 1.21 bits per heavy atom. The number of pyridine rings is 1. The van der Waals surface area contributed by atoms with Crippen LogP contribution < -0.4 is 5.56 Å². The lowest BCUT2D eigenvalue weighted by molar-refractivity contribution is 0.0653. The molecule has 1 aliphatic rings. The summed E-state index contributed by atoms with van der Waals surface area (Å²) >= 11 is 0. The minimum absolute atomic E-state index is 0.0445. The molecule has 4 rings (SSSR count). The summed E-state index contributed by atoms with van der Waals surface area (Å²) in [6.07, 6.45) is 2.44. The molecule has 8 heteroatoms. The summed E-state index contributed by atoms with van der Waals surface area (Å²) in [7, 11) is 3.71. The second-order valence-corrected chi connectivity index (χ2v) is 7.21. The Hall–Kier alpha value is -2.71. The smallest absolute Gasteiger partial charge is 0.270 e. The normalized spacial score (nSPS) is 15.6. The van der Waals surface area contributed by atoms with Crippen molar-refractivity contribution in [3.8, 4) is 0 Å². The van der Waals surface area contributed by atoms with Crippen LogP contribution in [0.25, 0.3) is 16.7 Å². The lowest BCUT2D eigenvalue weighted by Crippen LogP contribution is -2.47. The molecule has 1 fully saturated rings. The molecule has 0 N–H and O–H groups in total. The van der Waals surface area contributed by atoms with E-state index >= 15 is 0 Å². The van der Waals surface area contributed by atoms with E-state index in [2.05, 4.69) is 16.9 Å². The van der Waals surface area contributed by atoms with Gasteiger partial charge in [-0.3, -0.25) is 14.0 Å². The quantitative estimate of drug-likeness (QED) is 0.617. The molecule has 148 valence electrons. The zero-order valence-corrected chi connectivity index (χ0v) is 16.3. The number of carbonyl (C=O) groups excluding carboxylic acids is 1. The molecule has 1 saturated heterocycles. The van der Waals surface area contributed by atoms with Gasteiger partial charge in [0.2, 0.25) is 0 Å². The second kappa shape index (κ2) is 7.73. The van der Waals surface area contributed by atoms with Crippen molar-refractivity contribution in [1.82, 2.24) is 23.8 Å². The van der Waals surface area contributed by atoms with Crippen LogP contribution >= 0.6 is 0 Å². The molecule has 0 aromatic carbocycles. The molecule has 4 heterocycles. The van der Waals surface area contributed by atoms with Gasteiger partial charge in [0.15, 0.2) is 0 Å². The predicted octanol–water partition coefficient (Wildman–Crippen LogP) is 1.07. The van der Waals surface area contributed by atoms with Crippen LogP contribution in [-0.4, -0.2) is 76.6 Å². The first-order valence-electron chi connectivity index (χ1n) is 9.57. The maximum absolute atomic E-state index is 13.3. The summed E-state index contributed by atoms with van der Waals surface area (Å²) in [5.41, 5.74) is 1.50. The van der Waals surface area contributed by atoms with E-state index in [9.17, 15) is 9.59 Å². The molecule has 1 aliphatic heterocycles. The number of nitrogens with zero attached hydrogens (tertiary/aromatic N) is 5. The van der Waals surface area contributed by atoms with Crippen LogP contribution in [0.4, 0.5) is 0 Å². The molecule has 0 bridgehead atoms. The molecule has 0 atom stereocenters. The zero-order chi connectivity index (χ0) is 19.7. The van der Waals surface area contributed by atoms with Crippen LogP contribution in [0.5, 0.6) is 0 Å². The topological polar surface area (TPSA) is 72.1 Å². The Kier molecular flexibility index (Phi) is 5.15. The summed E-state index contributed by atoms with van der Waals surface area (Å²) in [6.45, 7) is 4.21. The molecule has 28 heavy (non-hydrogen) atoms. The molecule has 3 aromatic rings. The number of amides is 1. The summed E-state index contributed by atoms with van der Waals surface area (Å²) in [4.78, 5) is 35.0. The van der Waals surface area contributed by atoms with Gasteiger partial charge in [0.05, 0.1) is 5.39 Å². The fraction of sp³-hybridized carbons (Fsp3) is 0.450. The van der Waals surface area contributed by atoms with Crippen molar-refractivity contribution < 1.29 is 9.53 Å². The highest BCUT2D eigenvalue weighted by Crippen LogP contribution is 2.19. The molecule has 0 spiro atoms. The van der Waals surface area contributed by atoms with Gasteiger partial charge in [-0.05, 0) is 31.7 Å². The van der Waals surface area contributed by atoms with E-state index in [1.165, 1.54) is 4.40 Å². The Morgan fingerprint density at radius 2 is 2.00 bits per heavy atom. The van der Waals surface area contributed by atoms with E-state index in [0.717, 1.165) is 19.5 Å². The lowest BCUT2D eigenvalue weighted by atomic mass is 10.2. The Bertz CT molecular complexity index is 1060. The molecule has 8 nitrogen and oxygen atoms in total. The average Bonchev–Trinajstić information content (AvgIpc) is 3.07. The van der Waals surface area contributed by atoms with Gasteiger partial charge in [0.25, 0.3) is 11.5 Å². The molecule has 0 saturated carbocycles. The standard InChI is InChI=1S/C20H25N5O3/c1-22-9-11-23(12-10-22)20(27)16-14-15-18(24(16)8-5-13-28-2)21-17-6-3-4-7-25(17)19(15)26/h3-4,6-7,14H,5,8-13H2,1-2H3. The number of likely N-dealkylation sites (N-methyl/N-ethyl adjacent to an activating group) is 1. The number of carbonyl (C=O) groups is 1. The van der Waals surface area contributed by atoms with Crippen molar-refractivity contribution in [2.24, 2.45) is 0 Å². The lowest BCUT2D eigenvalue weighted by Gasteiger charge is -2.32. The van der Waals surface area contributed by atoms with Gasteiger partial charge in [0.1, 0.15) is 17.0 Å². The van der Waals surface area contributed by atoms with Crippen LogP contribution in [-0.2, 0) is 11.3 Å². The predicted molar refractivity (Wildman–Crippen MR) is 107 cm³/mol. The van der Waals surface area contributed by atoms with Crippen molar-refractivity contribution >= 4 is 22.6 Å². The summed E-state index contributed by atoms with van der Waals surface area (Å²) in [5, 5.41) is 0.471. The monoisotopic (exact) mass is 383 g/mol. The fourth-order valence-corrected chi connectivity index (χ4v) is 3.69. The first kappa shape index (κ1) is 18.6. The second-order valence-electron chi connectivity index (χ2n) is 7.21. The van der Waals surface area contributed by atoms with Crippen LogP contribution in [0.3, 0.4) is 0 Å². The van der Waals surface area contributed by atoms with Crippen molar-refractivity contribution in [3.63, 3.8) is 0 Å². The van der Waals surface area contributed by atoms with Crippen LogP contribution in [0.15, 0.2) is 35.3 Å². The largest absolute Gasteiger partial charge is 0.385 e. The maximum Gasteiger partial charge on any atom is 0.270 e. The first-order chi connectivity index (χ1) is 13.6. The van der Waals surface area contributed by atoms with Crippen molar-refractivity contribution in [2.75, 3.05) is 46.9 Å². The van der Waals surface area contributed by atoms with Crippen molar-refractivity contribution in [1.29, 1.82) is 0 Å². The van der Waals surface area contributed by atoms with Crippen LogP contribution in [0.2, 0.25) is 0 Å². The summed E-state index contributed by atoms with van der Waals surface area (Å²) in [6, 6.07) is 7.16. The van der Waals surface area contributed by atoms with Gasteiger partial charge in [-0.2, -0.15) is 0 Å². The Morgan fingerprint density at radius 3 is 2.75 bits per heavy atom. The highest BCUT2D eigenvalue weighted by atomic mass is 16.5. The van der Waals surface area contributed by atoms with E-state index in [1.807, 2.05) is 15.5 Å². The first-order valence-corrected chi connectivity index (χ1v) is 9.57. The van der Waals surface area contributed by atoms with Crippen molar-refractivity contribution in [3.05, 3.63) is 46.5 Å². The Balaban J connectivity index is 1.82. The number of fused-ring (bicyclic) bond motifs is 2. The zero-order valence-electron chi connectivity index (χ0n) is 16.3. The molecule has 0 aliphatic carbocycles. The third-order valence-corrected chi connectivity index (χ3v) is 5.32. The van der Waals surface area contributed by atoms with E-state index < -0.39 is 0 Å². The molecule has 0 unspecified atom stereocenters. The highest BCUT2D eigenvalue weighted by molar-refractivity contribution is 5.98. The van der Waals surface area contributed by atoms with Gasteiger partial charge in [-0.15, -0.1) is 0 Å². The highest BCUT2D eigenvalue weighted by Gasteiger charge is 2.25. The molecule has 3 aromatic heterocycles. The van der Waals surface area contributed by atoms with Crippen LogP contribution in [0.1, 0.15) is 16.9 Å². The minimum atomic E-state index is -0.154. The van der Waals surface area contributed by atoms with E-state index in [4.69, 9.17) is 4.74 Å². The molecule has 0 radical (unpaired) electrons. The van der Waals surface area contributed by atoms with Gasteiger partial charge in [0, 0.05) is 52.6 Å². The van der Waals surface area contributed by atoms with Gasteiger partial charge in [-0.1, -0.05) is 6.07 Å². The number of ether oxygens (including phenoxy) is 1. The summed E-state index contributed by atoms with van der Waals surface area (Å²) < 4.78 is 8.57. The molecule has 1 amide bonds. The summed E-state index contributed by atoms with van der Waals surface area (Å²) in [5.74, 6) is -0.0445. The SMILES string of the molecule is COCCCn1c(C(=O)N2CCN(C)CC2)cc2c(=O)n3ccccc3nc21. The van der Waals surface area contributed by atoms with E-state index in [1.54, 1.807) is 31.5 Å². The average molecular weight is 383 g/mol. The third-order valence-electron chi connectivity index (χ3n) is 5.32. The molecular weight excluding hydrogens is 358 g/mol. The number of aryl methyl sites for hydroxylation is 1. The maximum atomic E-state index is 13.3. The third kappa shape index (κ3) is 3.29. The minimum Gasteiger partial charge on any atom is -0.385 e. The van der Waals surface area contributed by atoms with Crippen molar-refractivity contribution in [2.45, 2.75) is 13.0 Å². The van der Waals surface area contributed by atoms with Gasteiger partial charge in [-0.25, -0.2) is 4.98 Å². The van der Waals surface area contributed by atoms with Crippen LogP contribution in [0, 0.1) is 0 Å². The number of aromatic nitrogens is 3. The van der Waals surface area contributed by atoms with E-state index in [0.29, 0.717) is 48.6 Å². The number of hydrogen-bond acceptors (Lipinski definition) is 5. The van der Waals surface area contributed by atoms with Gasteiger partial charge >= 0.3 is 0 Å². The Labute approximate surface area is 162 Å². The number of hydrogen-bond donors (Lipinski definition) is 0. The van der Waals surface area contributed by atoms with E-state index in [-0.39, 0.29) is 11.5 Å². The fourth-order valence-electron chi connectivity index (χ4n) is 3.69. The molecular formula is C20H25N5O3.